The molecule has 0 radical (unpaired) electrons. The second-order valence-corrected chi connectivity index (χ2v) is 5.56. The molecule has 0 amide bonds. The van der Waals surface area contributed by atoms with E-state index >= 15 is 0 Å². The van der Waals surface area contributed by atoms with Gasteiger partial charge in [-0.2, -0.15) is 0 Å². The second-order valence-electron chi connectivity index (χ2n) is 5.56. The second kappa shape index (κ2) is 6.87. The zero-order valence-electron chi connectivity index (χ0n) is 12.6. The molecule has 2 N–H and O–H groups in total. The highest BCUT2D eigenvalue weighted by molar-refractivity contribution is 5.92. The molecule has 1 aliphatic heterocycles. The number of anilines is 1. The Hall–Kier alpha value is -1.65. The number of nitrogens with zero attached hydrogens (tertiary/aromatic N) is 1. The fourth-order valence-corrected chi connectivity index (χ4v) is 2.95. The normalized spacial score (nSPS) is 16.2. The smallest absolute Gasteiger partial charge is 0.134 e. The van der Waals surface area contributed by atoms with Gasteiger partial charge in [-0.25, -0.2) is 4.98 Å². The van der Waals surface area contributed by atoms with Gasteiger partial charge in [0.05, 0.1) is 6.61 Å². The number of piperidine rings is 1. The standard InChI is InChI=1S/C17H23N3O/c1-21-11-10-19-17-15-5-3-2-4-14(15)12-16(20-17)13-6-8-18-9-7-13/h2-5,12-13,18H,6-11H2,1H3,(H,19,20). The van der Waals surface area contributed by atoms with Gasteiger partial charge in [-0.1, -0.05) is 24.3 Å². The van der Waals surface area contributed by atoms with Crippen molar-refractivity contribution in [1.82, 2.24) is 10.3 Å². The van der Waals surface area contributed by atoms with Gasteiger partial charge in [0.1, 0.15) is 5.82 Å². The molecule has 0 atom stereocenters. The molecule has 1 fully saturated rings. The molecule has 1 aromatic heterocycles. The summed E-state index contributed by atoms with van der Waals surface area (Å²) in [7, 11) is 1.72. The van der Waals surface area contributed by atoms with Crippen molar-refractivity contribution in [3.8, 4) is 0 Å². The van der Waals surface area contributed by atoms with Gasteiger partial charge in [-0.3, -0.25) is 0 Å². The first-order chi connectivity index (χ1) is 10.4. The van der Waals surface area contributed by atoms with Crippen molar-refractivity contribution in [2.45, 2.75) is 18.8 Å². The Labute approximate surface area is 125 Å². The maximum Gasteiger partial charge on any atom is 0.134 e. The van der Waals surface area contributed by atoms with E-state index in [4.69, 9.17) is 9.72 Å². The lowest BCUT2D eigenvalue weighted by Gasteiger charge is -2.23. The van der Waals surface area contributed by atoms with Gasteiger partial charge in [0.15, 0.2) is 0 Å². The fourth-order valence-electron chi connectivity index (χ4n) is 2.95. The zero-order chi connectivity index (χ0) is 14.5. The van der Waals surface area contributed by atoms with Gasteiger partial charge in [0, 0.05) is 30.7 Å². The van der Waals surface area contributed by atoms with Crippen molar-refractivity contribution in [3.05, 3.63) is 36.0 Å². The van der Waals surface area contributed by atoms with Crippen LogP contribution >= 0.6 is 0 Å². The fraction of sp³-hybridized carbons (Fsp3) is 0.471. The third kappa shape index (κ3) is 3.34. The van der Waals surface area contributed by atoms with Gasteiger partial charge in [-0.05, 0) is 37.4 Å². The van der Waals surface area contributed by atoms with Gasteiger partial charge >= 0.3 is 0 Å². The number of benzene rings is 1. The molecule has 4 heteroatoms. The summed E-state index contributed by atoms with van der Waals surface area (Å²) in [5, 5.41) is 9.29. The number of hydrogen-bond donors (Lipinski definition) is 2. The number of fused-ring (bicyclic) bond motifs is 1. The number of nitrogens with one attached hydrogen (secondary N) is 2. The Bertz CT molecular complexity index is 594. The Morgan fingerprint density at radius 2 is 2.10 bits per heavy atom. The summed E-state index contributed by atoms with van der Waals surface area (Å²) in [4.78, 5) is 4.90. The average Bonchev–Trinajstić information content (AvgIpc) is 2.55. The molecule has 1 saturated heterocycles. The van der Waals surface area contributed by atoms with Crippen LogP contribution in [0.15, 0.2) is 30.3 Å². The number of hydrogen-bond acceptors (Lipinski definition) is 4. The highest BCUT2D eigenvalue weighted by Crippen LogP contribution is 2.29. The highest BCUT2D eigenvalue weighted by Gasteiger charge is 2.18. The number of aromatic nitrogens is 1. The average molecular weight is 285 g/mol. The predicted octanol–water partition coefficient (Wildman–Crippen LogP) is 2.76. The highest BCUT2D eigenvalue weighted by atomic mass is 16.5. The Morgan fingerprint density at radius 3 is 2.90 bits per heavy atom. The van der Waals surface area contributed by atoms with Crippen LogP contribution in [-0.2, 0) is 4.74 Å². The van der Waals surface area contributed by atoms with E-state index in [1.165, 1.54) is 29.3 Å². The number of ether oxygens (including phenoxy) is 1. The number of pyridine rings is 1. The summed E-state index contributed by atoms with van der Waals surface area (Å²) in [5.74, 6) is 1.55. The first kappa shape index (κ1) is 14.3. The molecule has 0 unspecified atom stereocenters. The molecule has 1 aliphatic rings. The van der Waals surface area contributed by atoms with Crippen LogP contribution in [0.2, 0.25) is 0 Å². The maximum absolute atomic E-state index is 5.12. The lowest BCUT2D eigenvalue weighted by molar-refractivity contribution is 0.210. The molecular weight excluding hydrogens is 262 g/mol. The molecule has 112 valence electrons. The van der Waals surface area contributed by atoms with Crippen molar-refractivity contribution < 1.29 is 4.74 Å². The lowest BCUT2D eigenvalue weighted by atomic mass is 9.93. The predicted molar refractivity (Wildman–Crippen MR) is 87.0 cm³/mol. The summed E-state index contributed by atoms with van der Waals surface area (Å²) in [5.41, 5.74) is 1.22. The molecule has 0 aliphatic carbocycles. The Balaban J connectivity index is 1.93. The van der Waals surface area contributed by atoms with Crippen molar-refractivity contribution in [3.63, 3.8) is 0 Å². The van der Waals surface area contributed by atoms with Crippen LogP contribution in [0.1, 0.15) is 24.5 Å². The van der Waals surface area contributed by atoms with Crippen molar-refractivity contribution in [2.75, 3.05) is 38.7 Å². The van der Waals surface area contributed by atoms with Gasteiger partial charge < -0.3 is 15.4 Å². The van der Waals surface area contributed by atoms with Crippen LogP contribution in [0.5, 0.6) is 0 Å². The van der Waals surface area contributed by atoms with Gasteiger partial charge in [0.25, 0.3) is 0 Å². The summed E-state index contributed by atoms with van der Waals surface area (Å²) in [6, 6.07) is 10.7. The van der Waals surface area contributed by atoms with E-state index in [2.05, 4.69) is 41.0 Å². The van der Waals surface area contributed by atoms with Crippen LogP contribution in [0, 0.1) is 0 Å². The molecule has 21 heavy (non-hydrogen) atoms. The van der Waals surface area contributed by atoms with E-state index in [0.717, 1.165) is 25.5 Å². The van der Waals surface area contributed by atoms with Crippen molar-refractivity contribution in [1.29, 1.82) is 0 Å². The van der Waals surface area contributed by atoms with Gasteiger partial charge in [-0.15, -0.1) is 0 Å². The monoisotopic (exact) mass is 285 g/mol. The topological polar surface area (TPSA) is 46.2 Å². The van der Waals surface area contributed by atoms with Crippen LogP contribution in [-0.4, -0.2) is 38.3 Å². The van der Waals surface area contributed by atoms with E-state index in [1.54, 1.807) is 7.11 Å². The largest absolute Gasteiger partial charge is 0.383 e. The summed E-state index contributed by atoms with van der Waals surface area (Å²) < 4.78 is 5.12. The first-order valence-electron chi connectivity index (χ1n) is 7.71. The summed E-state index contributed by atoms with van der Waals surface area (Å²) in [6.45, 7) is 3.65. The lowest BCUT2D eigenvalue weighted by Crippen LogP contribution is -2.27. The first-order valence-corrected chi connectivity index (χ1v) is 7.71. The summed E-state index contributed by atoms with van der Waals surface area (Å²) >= 11 is 0. The van der Waals surface area contributed by atoms with Crippen LogP contribution < -0.4 is 10.6 Å². The van der Waals surface area contributed by atoms with Gasteiger partial charge in [0.2, 0.25) is 0 Å². The number of rotatable bonds is 5. The summed E-state index contributed by atoms with van der Waals surface area (Å²) in [6.07, 6.45) is 2.34. The third-order valence-corrected chi connectivity index (χ3v) is 4.12. The molecule has 3 rings (SSSR count). The quantitative estimate of drug-likeness (QED) is 0.829. The van der Waals surface area contributed by atoms with Crippen molar-refractivity contribution >= 4 is 16.6 Å². The molecule has 0 bridgehead atoms. The van der Waals surface area contributed by atoms with E-state index in [9.17, 15) is 0 Å². The van der Waals surface area contributed by atoms with E-state index in [-0.39, 0.29) is 0 Å². The molecule has 1 aromatic carbocycles. The molecular formula is C17H23N3O. The van der Waals surface area contributed by atoms with Crippen LogP contribution in [0.3, 0.4) is 0 Å². The molecule has 0 saturated carbocycles. The molecule has 2 aromatic rings. The van der Waals surface area contributed by atoms with Crippen LogP contribution in [0.4, 0.5) is 5.82 Å². The minimum absolute atomic E-state index is 0.568. The molecule has 2 heterocycles. The van der Waals surface area contributed by atoms with Crippen molar-refractivity contribution in [2.24, 2.45) is 0 Å². The maximum atomic E-state index is 5.12. The van der Waals surface area contributed by atoms with Crippen LogP contribution in [0.25, 0.3) is 10.8 Å². The Kier molecular flexibility index (Phi) is 4.68. The Morgan fingerprint density at radius 1 is 1.29 bits per heavy atom. The molecule has 0 spiro atoms. The minimum atomic E-state index is 0.568. The number of methoxy groups -OCH3 is 1. The van der Waals surface area contributed by atoms with E-state index in [1.807, 2.05) is 0 Å². The SMILES string of the molecule is COCCNc1nc(C2CCNCC2)cc2ccccc12. The van der Waals surface area contributed by atoms with E-state index < -0.39 is 0 Å². The zero-order valence-corrected chi connectivity index (χ0v) is 12.6. The third-order valence-electron chi connectivity index (χ3n) is 4.12. The van der Waals surface area contributed by atoms with E-state index in [0.29, 0.717) is 12.5 Å². The minimum Gasteiger partial charge on any atom is -0.383 e. The molecule has 4 nitrogen and oxygen atoms in total.